The highest BCUT2D eigenvalue weighted by Crippen LogP contribution is 2.20. The summed E-state index contributed by atoms with van der Waals surface area (Å²) in [6.07, 6.45) is 0. The van der Waals surface area contributed by atoms with Crippen LogP contribution >= 0.6 is 31.9 Å². The number of nitrogens with one attached hydrogen (secondary N) is 1. The Kier molecular flexibility index (Phi) is 5.01. The molecule has 3 nitrogen and oxygen atoms in total. The SMILES string of the molecule is Cc1cc(S(=O)(=O)NCc2cccc(Br)c2)ccc1Br. The zero-order valence-corrected chi connectivity index (χ0v) is 14.7. The van der Waals surface area contributed by atoms with E-state index in [1.165, 1.54) is 0 Å². The Balaban J connectivity index is 2.17. The van der Waals surface area contributed by atoms with Crippen LogP contribution in [-0.4, -0.2) is 8.42 Å². The summed E-state index contributed by atoms with van der Waals surface area (Å²) < 4.78 is 28.8. The monoisotopic (exact) mass is 417 g/mol. The van der Waals surface area contributed by atoms with Gasteiger partial charge in [0.05, 0.1) is 4.90 Å². The molecule has 0 aliphatic carbocycles. The van der Waals surface area contributed by atoms with Gasteiger partial charge >= 0.3 is 0 Å². The fraction of sp³-hybridized carbons (Fsp3) is 0.143. The first kappa shape index (κ1) is 15.7. The van der Waals surface area contributed by atoms with E-state index in [1.807, 2.05) is 31.2 Å². The molecule has 1 N–H and O–H groups in total. The summed E-state index contributed by atoms with van der Waals surface area (Å²) >= 11 is 6.72. The van der Waals surface area contributed by atoms with Crippen LogP contribution in [0, 0.1) is 6.92 Å². The van der Waals surface area contributed by atoms with Gasteiger partial charge in [-0.05, 0) is 48.4 Å². The van der Waals surface area contributed by atoms with Gasteiger partial charge in [0.1, 0.15) is 0 Å². The van der Waals surface area contributed by atoms with Gasteiger partial charge in [-0.1, -0.05) is 44.0 Å². The van der Waals surface area contributed by atoms with E-state index in [2.05, 4.69) is 36.6 Å². The lowest BCUT2D eigenvalue weighted by Crippen LogP contribution is -2.23. The van der Waals surface area contributed by atoms with Gasteiger partial charge in [-0.2, -0.15) is 0 Å². The van der Waals surface area contributed by atoms with E-state index in [0.717, 1.165) is 20.1 Å². The highest BCUT2D eigenvalue weighted by molar-refractivity contribution is 9.10. The average Bonchev–Trinajstić information content (AvgIpc) is 2.40. The maximum absolute atomic E-state index is 12.2. The fourth-order valence-electron chi connectivity index (χ4n) is 1.69. The van der Waals surface area contributed by atoms with Crippen LogP contribution in [0.5, 0.6) is 0 Å². The van der Waals surface area contributed by atoms with Gasteiger partial charge < -0.3 is 0 Å². The van der Waals surface area contributed by atoms with Crippen molar-refractivity contribution in [1.29, 1.82) is 0 Å². The van der Waals surface area contributed by atoms with Crippen molar-refractivity contribution in [3.05, 3.63) is 62.5 Å². The summed E-state index contributed by atoms with van der Waals surface area (Å²) in [5, 5.41) is 0. The second kappa shape index (κ2) is 6.39. The molecule has 2 aromatic rings. The molecule has 0 saturated carbocycles. The van der Waals surface area contributed by atoms with Crippen LogP contribution in [0.4, 0.5) is 0 Å². The Morgan fingerprint density at radius 3 is 2.50 bits per heavy atom. The predicted molar refractivity (Wildman–Crippen MR) is 87.0 cm³/mol. The van der Waals surface area contributed by atoms with Crippen LogP contribution in [0.1, 0.15) is 11.1 Å². The molecule has 0 aliphatic rings. The van der Waals surface area contributed by atoms with Crippen LogP contribution in [0.3, 0.4) is 0 Å². The third kappa shape index (κ3) is 3.91. The molecular formula is C14H13Br2NO2S. The first-order chi connectivity index (χ1) is 9.38. The van der Waals surface area contributed by atoms with E-state index in [0.29, 0.717) is 0 Å². The van der Waals surface area contributed by atoms with E-state index in [1.54, 1.807) is 18.2 Å². The lowest BCUT2D eigenvalue weighted by Gasteiger charge is -2.08. The molecule has 0 unspecified atom stereocenters. The summed E-state index contributed by atoms with van der Waals surface area (Å²) in [4.78, 5) is 0.271. The van der Waals surface area contributed by atoms with E-state index < -0.39 is 10.0 Å². The Morgan fingerprint density at radius 1 is 1.10 bits per heavy atom. The summed E-state index contributed by atoms with van der Waals surface area (Å²) in [5.41, 5.74) is 1.78. The summed E-state index contributed by atoms with van der Waals surface area (Å²) in [6, 6.07) is 12.5. The van der Waals surface area contributed by atoms with Gasteiger partial charge in [-0.3, -0.25) is 0 Å². The lowest BCUT2D eigenvalue weighted by molar-refractivity contribution is 0.581. The van der Waals surface area contributed by atoms with Crippen molar-refractivity contribution in [1.82, 2.24) is 4.72 Å². The second-order valence-corrected chi connectivity index (χ2v) is 7.90. The van der Waals surface area contributed by atoms with E-state index >= 15 is 0 Å². The van der Waals surface area contributed by atoms with Crippen LogP contribution in [0.25, 0.3) is 0 Å². The standard InChI is InChI=1S/C14H13Br2NO2S/c1-10-7-13(5-6-14(10)16)20(18,19)17-9-11-3-2-4-12(15)8-11/h2-8,17H,9H2,1H3. The zero-order valence-electron chi connectivity index (χ0n) is 10.7. The molecule has 0 aromatic heterocycles. The minimum absolute atomic E-state index is 0.261. The summed E-state index contributed by atoms with van der Waals surface area (Å²) in [5.74, 6) is 0. The van der Waals surface area contributed by atoms with E-state index in [4.69, 9.17) is 0 Å². The van der Waals surface area contributed by atoms with E-state index in [-0.39, 0.29) is 11.4 Å². The van der Waals surface area contributed by atoms with Crippen molar-refractivity contribution < 1.29 is 8.42 Å². The van der Waals surface area contributed by atoms with Crippen molar-refractivity contribution in [2.45, 2.75) is 18.4 Å². The minimum atomic E-state index is -3.50. The molecule has 0 fully saturated rings. The van der Waals surface area contributed by atoms with Crippen LogP contribution in [-0.2, 0) is 16.6 Å². The van der Waals surface area contributed by atoms with E-state index in [9.17, 15) is 8.42 Å². The summed E-state index contributed by atoms with van der Waals surface area (Å²) in [7, 11) is -3.50. The Hall–Kier alpha value is -0.690. The topological polar surface area (TPSA) is 46.2 Å². The summed E-state index contributed by atoms with van der Waals surface area (Å²) in [6.45, 7) is 2.12. The highest BCUT2D eigenvalue weighted by atomic mass is 79.9. The maximum atomic E-state index is 12.2. The van der Waals surface area contributed by atoms with Crippen molar-refractivity contribution in [3.63, 3.8) is 0 Å². The number of sulfonamides is 1. The highest BCUT2D eigenvalue weighted by Gasteiger charge is 2.14. The number of hydrogen-bond donors (Lipinski definition) is 1. The number of rotatable bonds is 4. The quantitative estimate of drug-likeness (QED) is 0.815. The second-order valence-electron chi connectivity index (χ2n) is 4.37. The molecule has 0 amide bonds. The zero-order chi connectivity index (χ0) is 14.8. The van der Waals surface area contributed by atoms with Gasteiger partial charge in [0.25, 0.3) is 0 Å². The molecule has 0 radical (unpaired) electrons. The molecule has 106 valence electrons. The average molecular weight is 419 g/mol. The lowest BCUT2D eigenvalue weighted by atomic mass is 10.2. The molecule has 20 heavy (non-hydrogen) atoms. The number of aryl methyl sites for hydroxylation is 1. The van der Waals surface area contributed by atoms with Gasteiger partial charge in [-0.25, -0.2) is 13.1 Å². The van der Waals surface area contributed by atoms with Crippen LogP contribution < -0.4 is 4.72 Å². The van der Waals surface area contributed by atoms with Gasteiger partial charge in [0.2, 0.25) is 10.0 Å². The Bertz CT molecular complexity index is 730. The molecule has 2 aromatic carbocycles. The molecule has 6 heteroatoms. The molecule has 0 bridgehead atoms. The van der Waals surface area contributed by atoms with Gasteiger partial charge in [0.15, 0.2) is 0 Å². The van der Waals surface area contributed by atoms with Crippen LogP contribution in [0.2, 0.25) is 0 Å². The number of benzene rings is 2. The number of hydrogen-bond acceptors (Lipinski definition) is 2. The number of halogens is 2. The smallest absolute Gasteiger partial charge is 0.207 e. The first-order valence-electron chi connectivity index (χ1n) is 5.89. The minimum Gasteiger partial charge on any atom is -0.207 e. The fourth-order valence-corrected chi connectivity index (χ4v) is 3.49. The largest absolute Gasteiger partial charge is 0.240 e. The molecule has 0 heterocycles. The Morgan fingerprint density at radius 2 is 1.85 bits per heavy atom. The molecule has 0 saturated heterocycles. The molecule has 0 aliphatic heterocycles. The van der Waals surface area contributed by atoms with Gasteiger partial charge in [0, 0.05) is 15.5 Å². The predicted octanol–water partition coefficient (Wildman–Crippen LogP) is 4.00. The van der Waals surface area contributed by atoms with Crippen molar-refractivity contribution >= 4 is 41.9 Å². The maximum Gasteiger partial charge on any atom is 0.240 e. The van der Waals surface area contributed by atoms with Crippen molar-refractivity contribution in [3.8, 4) is 0 Å². The molecule has 0 spiro atoms. The van der Waals surface area contributed by atoms with Crippen molar-refractivity contribution in [2.75, 3.05) is 0 Å². The normalized spacial score (nSPS) is 11.6. The molecule has 2 rings (SSSR count). The first-order valence-corrected chi connectivity index (χ1v) is 8.96. The van der Waals surface area contributed by atoms with Crippen LogP contribution in [0.15, 0.2) is 56.3 Å². The molecular weight excluding hydrogens is 406 g/mol. The van der Waals surface area contributed by atoms with Gasteiger partial charge in [-0.15, -0.1) is 0 Å². The third-order valence-corrected chi connectivity index (χ3v) is 5.58. The Labute approximate surface area is 135 Å². The van der Waals surface area contributed by atoms with Crippen molar-refractivity contribution in [2.24, 2.45) is 0 Å². The molecule has 0 atom stereocenters. The third-order valence-electron chi connectivity index (χ3n) is 2.80.